The molecule has 0 fully saturated rings. The lowest BCUT2D eigenvalue weighted by molar-refractivity contribution is -0.119. The van der Waals surface area contributed by atoms with Crippen LogP contribution in [0.1, 0.15) is 24.1 Å². The first-order chi connectivity index (χ1) is 12.5. The summed E-state index contributed by atoms with van der Waals surface area (Å²) in [6.45, 7) is 2.50. The number of amides is 1. The van der Waals surface area contributed by atoms with E-state index in [1.54, 1.807) is 13.1 Å². The predicted molar refractivity (Wildman–Crippen MR) is 107 cm³/mol. The van der Waals surface area contributed by atoms with Gasteiger partial charge in [0.25, 0.3) is 5.91 Å². The number of nitrogens with zero attached hydrogens (tertiary/aromatic N) is 1. The highest BCUT2D eigenvalue weighted by Crippen LogP contribution is 2.22. The van der Waals surface area contributed by atoms with Crippen LogP contribution in [0.25, 0.3) is 0 Å². The molecule has 0 aromatic heterocycles. The molecule has 4 N–H and O–H groups in total. The molecule has 2 aromatic rings. The zero-order valence-corrected chi connectivity index (χ0v) is 16.4. The van der Waals surface area contributed by atoms with Crippen molar-refractivity contribution in [3.8, 4) is 5.75 Å². The maximum absolute atomic E-state index is 10.8. The average Bonchev–Trinajstić information content (AvgIpc) is 2.64. The summed E-state index contributed by atoms with van der Waals surface area (Å²) in [4.78, 5) is 15.1. The van der Waals surface area contributed by atoms with Gasteiger partial charge >= 0.3 is 0 Å². The van der Waals surface area contributed by atoms with Gasteiger partial charge in [0, 0.05) is 18.1 Å². The molecule has 1 unspecified atom stereocenters. The second-order valence-electron chi connectivity index (χ2n) is 5.72. The van der Waals surface area contributed by atoms with Crippen LogP contribution in [0.15, 0.2) is 58.0 Å². The molecule has 0 bridgehead atoms. The van der Waals surface area contributed by atoms with Crippen LogP contribution < -0.4 is 21.1 Å². The Balaban J connectivity index is 1.94. The van der Waals surface area contributed by atoms with Crippen molar-refractivity contribution in [2.45, 2.75) is 19.5 Å². The van der Waals surface area contributed by atoms with Gasteiger partial charge in [-0.1, -0.05) is 46.3 Å². The molecule has 0 aliphatic rings. The number of ether oxygens (including phenoxy) is 1. The first-order valence-corrected chi connectivity index (χ1v) is 9.00. The van der Waals surface area contributed by atoms with Gasteiger partial charge in [-0.05, 0) is 36.2 Å². The molecule has 0 saturated heterocycles. The zero-order valence-electron chi connectivity index (χ0n) is 14.8. The number of guanidine groups is 1. The molecule has 7 heteroatoms. The van der Waals surface area contributed by atoms with Crippen molar-refractivity contribution in [2.75, 3.05) is 13.7 Å². The highest BCUT2D eigenvalue weighted by Gasteiger charge is 2.10. The third kappa shape index (κ3) is 6.07. The SMILES string of the molecule is CN=C(NCc1cccc(OCC(N)=O)c1)NC(C)c1ccccc1Br. The number of hydrogen-bond acceptors (Lipinski definition) is 3. The van der Waals surface area contributed by atoms with Crippen LogP contribution in [0.3, 0.4) is 0 Å². The Hall–Kier alpha value is -2.54. The lowest BCUT2D eigenvalue weighted by atomic mass is 10.1. The van der Waals surface area contributed by atoms with Crippen molar-refractivity contribution < 1.29 is 9.53 Å². The maximum atomic E-state index is 10.8. The molecule has 0 aliphatic carbocycles. The van der Waals surface area contributed by atoms with E-state index in [-0.39, 0.29) is 12.6 Å². The van der Waals surface area contributed by atoms with Gasteiger partial charge in [0.05, 0.1) is 6.04 Å². The number of carbonyl (C=O) groups is 1. The first kappa shape index (κ1) is 19.8. The standard InChI is InChI=1S/C19H23BrN4O2/c1-13(16-8-3-4-9-17(16)20)24-19(22-2)23-11-14-6-5-7-15(10-14)26-12-18(21)25/h3-10,13H,11-12H2,1-2H3,(H2,21,25)(H2,22,23,24). The molecule has 0 spiro atoms. The van der Waals surface area contributed by atoms with Crippen molar-refractivity contribution >= 4 is 27.8 Å². The van der Waals surface area contributed by atoms with Crippen molar-refractivity contribution in [3.63, 3.8) is 0 Å². The second-order valence-corrected chi connectivity index (χ2v) is 6.57. The van der Waals surface area contributed by atoms with E-state index in [1.807, 2.05) is 36.4 Å². The maximum Gasteiger partial charge on any atom is 0.255 e. The second kappa shape index (κ2) is 9.82. The summed E-state index contributed by atoms with van der Waals surface area (Å²) >= 11 is 3.57. The lowest BCUT2D eigenvalue weighted by Gasteiger charge is -2.19. The van der Waals surface area contributed by atoms with Crippen LogP contribution in [0.5, 0.6) is 5.75 Å². The largest absolute Gasteiger partial charge is 0.484 e. The van der Waals surface area contributed by atoms with E-state index in [4.69, 9.17) is 10.5 Å². The van der Waals surface area contributed by atoms with Crippen molar-refractivity contribution in [1.82, 2.24) is 10.6 Å². The van der Waals surface area contributed by atoms with E-state index in [2.05, 4.69) is 44.5 Å². The van der Waals surface area contributed by atoms with Crippen molar-refractivity contribution in [1.29, 1.82) is 0 Å². The molecule has 1 atom stereocenters. The van der Waals surface area contributed by atoms with Gasteiger partial charge in [-0.25, -0.2) is 0 Å². The summed E-state index contributed by atoms with van der Waals surface area (Å²) in [6, 6.07) is 15.6. The van der Waals surface area contributed by atoms with Crippen LogP contribution in [0.2, 0.25) is 0 Å². The third-order valence-corrected chi connectivity index (χ3v) is 4.41. The summed E-state index contributed by atoms with van der Waals surface area (Å²) in [7, 11) is 1.73. The fourth-order valence-electron chi connectivity index (χ4n) is 2.39. The van der Waals surface area contributed by atoms with Gasteiger partial charge in [0.15, 0.2) is 12.6 Å². The van der Waals surface area contributed by atoms with Gasteiger partial charge in [-0.3, -0.25) is 9.79 Å². The van der Waals surface area contributed by atoms with Crippen LogP contribution in [-0.2, 0) is 11.3 Å². The van der Waals surface area contributed by atoms with Crippen LogP contribution in [0, 0.1) is 0 Å². The molecule has 2 rings (SSSR count). The Morgan fingerprint density at radius 3 is 2.73 bits per heavy atom. The lowest BCUT2D eigenvalue weighted by Crippen LogP contribution is -2.38. The molecule has 6 nitrogen and oxygen atoms in total. The Bertz CT molecular complexity index is 780. The minimum Gasteiger partial charge on any atom is -0.484 e. The van der Waals surface area contributed by atoms with E-state index in [0.717, 1.165) is 15.6 Å². The number of benzene rings is 2. The zero-order chi connectivity index (χ0) is 18.9. The molecule has 2 aromatic carbocycles. The van der Waals surface area contributed by atoms with Crippen LogP contribution in [-0.4, -0.2) is 25.5 Å². The smallest absolute Gasteiger partial charge is 0.255 e. The molecule has 26 heavy (non-hydrogen) atoms. The average molecular weight is 419 g/mol. The van der Waals surface area contributed by atoms with Crippen molar-refractivity contribution in [3.05, 3.63) is 64.1 Å². The van der Waals surface area contributed by atoms with Gasteiger partial charge in [-0.15, -0.1) is 0 Å². The number of nitrogens with two attached hydrogens (primary N) is 1. The quantitative estimate of drug-likeness (QED) is 0.476. The number of nitrogens with one attached hydrogen (secondary N) is 2. The Morgan fingerprint density at radius 2 is 2.04 bits per heavy atom. The number of rotatable bonds is 7. The number of aliphatic imine (C=N–C) groups is 1. The van der Waals surface area contributed by atoms with E-state index in [9.17, 15) is 4.79 Å². The normalized spacial score (nSPS) is 12.3. The van der Waals surface area contributed by atoms with Gasteiger partial charge < -0.3 is 21.1 Å². The fraction of sp³-hybridized carbons (Fsp3) is 0.263. The van der Waals surface area contributed by atoms with Crippen molar-refractivity contribution in [2.24, 2.45) is 10.7 Å². The highest BCUT2D eigenvalue weighted by molar-refractivity contribution is 9.10. The number of primary amides is 1. The van der Waals surface area contributed by atoms with Gasteiger partial charge in [0.1, 0.15) is 5.75 Å². The van der Waals surface area contributed by atoms with E-state index in [0.29, 0.717) is 18.3 Å². The molecular formula is C19H23BrN4O2. The third-order valence-electron chi connectivity index (χ3n) is 3.69. The molecule has 0 heterocycles. The number of carbonyl (C=O) groups excluding carboxylic acids is 1. The highest BCUT2D eigenvalue weighted by atomic mass is 79.9. The van der Waals surface area contributed by atoms with Gasteiger partial charge in [-0.2, -0.15) is 0 Å². The number of hydrogen-bond donors (Lipinski definition) is 3. The molecular weight excluding hydrogens is 396 g/mol. The summed E-state index contributed by atoms with van der Waals surface area (Å²) in [5.41, 5.74) is 7.25. The first-order valence-electron chi connectivity index (χ1n) is 8.21. The fourth-order valence-corrected chi connectivity index (χ4v) is 3.02. The summed E-state index contributed by atoms with van der Waals surface area (Å²) in [6.07, 6.45) is 0. The van der Waals surface area contributed by atoms with Crippen LogP contribution in [0.4, 0.5) is 0 Å². The minimum absolute atomic E-state index is 0.0852. The minimum atomic E-state index is -0.501. The molecule has 0 radical (unpaired) electrons. The van der Waals surface area contributed by atoms with E-state index < -0.39 is 5.91 Å². The Labute approximate surface area is 162 Å². The Kier molecular flexibility index (Phi) is 7.47. The van der Waals surface area contributed by atoms with Gasteiger partial charge in [0.2, 0.25) is 0 Å². The molecule has 138 valence electrons. The topological polar surface area (TPSA) is 88.7 Å². The van der Waals surface area contributed by atoms with E-state index >= 15 is 0 Å². The number of halogens is 1. The summed E-state index contributed by atoms with van der Waals surface area (Å²) < 4.78 is 6.37. The van der Waals surface area contributed by atoms with E-state index in [1.165, 1.54) is 0 Å². The molecule has 0 aliphatic heterocycles. The monoisotopic (exact) mass is 418 g/mol. The summed E-state index contributed by atoms with van der Waals surface area (Å²) in [5, 5.41) is 6.64. The molecule has 0 saturated carbocycles. The van der Waals surface area contributed by atoms with Crippen LogP contribution >= 0.6 is 15.9 Å². The summed E-state index contributed by atoms with van der Waals surface area (Å²) in [5.74, 6) is 0.795. The molecule has 1 amide bonds. The Morgan fingerprint density at radius 1 is 1.27 bits per heavy atom. The predicted octanol–water partition coefficient (Wildman–Crippen LogP) is 2.74.